The normalized spacial score (nSPS) is 11.4. The Balaban J connectivity index is 1.44. The van der Waals surface area contributed by atoms with Crippen molar-refractivity contribution in [2.24, 2.45) is 0 Å². The summed E-state index contributed by atoms with van der Waals surface area (Å²) in [6.45, 7) is 0. The van der Waals surface area contributed by atoms with Crippen LogP contribution in [-0.2, 0) is 6.42 Å². The molecule has 0 radical (unpaired) electrons. The first kappa shape index (κ1) is 21.5. The van der Waals surface area contributed by atoms with Gasteiger partial charge in [0.05, 0.1) is 0 Å². The lowest BCUT2D eigenvalue weighted by Crippen LogP contribution is -1.92. The molecule has 0 N–H and O–H groups in total. The topological polar surface area (TPSA) is 12.9 Å². The van der Waals surface area contributed by atoms with E-state index in [1.54, 1.807) is 0 Å². The summed E-state index contributed by atoms with van der Waals surface area (Å²) >= 11 is 0. The third-order valence-corrected chi connectivity index (χ3v) is 7.37. The van der Waals surface area contributed by atoms with Gasteiger partial charge in [-0.05, 0) is 90.3 Å². The first-order chi connectivity index (χ1) is 18.3. The molecule has 7 aromatic rings. The van der Waals surface area contributed by atoms with E-state index in [4.69, 9.17) is 0 Å². The molecule has 174 valence electrons. The number of nitrogens with zero attached hydrogens (tertiary/aromatic N) is 1. The van der Waals surface area contributed by atoms with Crippen LogP contribution in [0.15, 0.2) is 140 Å². The molecule has 0 unspecified atom stereocenters. The van der Waals surface area contributed by atoms with Crippen molar-refractivity contribution < 1.29 is 0 Å². The van der Waals surface area contributed by atoms with Crippen LogP contribution in [0.4, 0.5) is 0 Å². The van der Waals surface area contributed by atoms with Crippen molar-refractivity contribution >= 4 is 32.3 Å². The van der Waals surface area contributed by atoms with Crippen LogP contribution in [0.1, 0.15) is 11.1 Å². The van der Waals surface area contributed by atoms with Crippen LogP contribution in [0, 0.1) is 0 Å². The average Bonchev–Trinajstić information content (AvgIpc) is 2.97. The van der Waals surface area contributed by atoms with E-state index in [-0.39, 0.29) is 0 Å². The van der Waals surface area contributed by atoms with Crippen molar-refractivity contribution in [3.05, 3.63) is 151 Å². The first-order valence-corrected chi connectivity index (χ1v) is 12.8. The van der Waals surface area contributed by atoms with E-state index in [9.17, 15) is 0 Å². The molecular formula is C36H25N. The van der Waals surface area contributed by atoms with Crippen molar-refractivity contribution in [3.8, 4) is 22.3 Å². The van der Waals surface area contributed by atoms with Crippen LogP contribution < -0.4 is 0 Å². The zero-order valence-electron chi connectivity index (χ0n) is 20.4. The van der Waals surface area contributed by atoms with Crippen LogP contribution in [0.25, 0.3) is 54.6 Å². The van der Waals surface area contributed by atoms with Crippen molar-refractivity contribution in [1.82, 2.24) is 4.98 Å². The van der Waals surface area contributed by atoms with Gasteiger partial charge in [-0.2, -0.15) is 0 Å². The van der Waals surface area contributed by atoms with E-state index in [1.165, 1.54) is 65.7 Å². The second-order valence-corrected chi connectivity index (χ2v) is 9.63. The minimum atomic E-state index is 0.908. The first-order valence-electron chi connectivity index (χ1n) is 12.8. The zero-order chi connectivity index (χ0) is 24.6. The molecule has 1 heterocycles. The Kier molecular flexibility index (Phi) is 5.26. The Morgan fingerprint density at radius 2 is 0.892 bits per heavy atom. The standard InChI is InChI=1S/C36H25N/c1-2-8-29-24-30(18-17-27(29)7-1)36-33-11-5-3-9-31(33)35(32-10-4-6-12-34(32)36)28-15-13-25(14-16-28)23-26-19-21-37-22-20-26/h1-22,24H,23H2. The summed E-state index contributed by atoms with van der Waals surface area (Å²) in [6.07, 6.45) is 4.63. The number of hydrogen-bond donors (Lipinski definition) is 0. The van der Waals surface area contributed by atoms with Crippen LogP contribution >= 0.6 is 0 Å². The Morgan fingerprint density at radius 1 is 0.405 bits per heavy atom. The highest BCUT2D eigenvalue weighted by Gasteiger charge is 2.16. The molecule has 37 heavy (non-hydrogen) atoms. The monoisotopic (exact) mass is 471 g/mol. The molecule has 0 saturated heterocycles. The molecule has 0 saturated carbocycles. The molecule has 0 aliphatic rings. The molecule has 0 atom stereocenters. The summed E-state index contributed by atoms with van der Waals surface area (Å²) in [6, 6.07) is 46.4. The predicted molar refractivity (Wildman–Crippen MR) is 157 cm³/mol. The number of benzene rings is 6. The summed E-state index contributed by atoms with van der Waals surface area (Å²) in [4.78, 5) is 4.14. The Hall–Kier alpha value is -4.75. The second-order valence-electron chi connectivity index (χ2n) is 9.63. The molecule has 0 bridgehead atoms. The lowest BCUT2D eigenvalue weighted by molar-refractivity contribution is 1.16. The lowest BCUT2D eigenvalue weighted by atomic mass is 9.85. The highest BCUT2D eigenvalue weighted by atomic mass is 14.6. The highest BCUT2D eigenvalue weighted by Crippen LogP contribution is 2.44. The molecule has 1 nitrogen and oxygen atoms in total. The lowest BCUT2D eigenvalue weighted by Gasteiger charge is -2.18. The third-order valence-electron chi connectivity index (χ3n) is 7.37. The quantitative estimate of drug-likeness (QED) is 0.233. The summed E-state index contributed by atoms with van der Waals surface area (Å²) in [5.41, 5.74) is 7.68. The SMILES string of the molecule is c1ccc2cc(-c3c4ccccc4c(-c4ccc(Cc5ccncc5)cc4)c4ccccc34)ccc2c1. The molecule has 0 fully saturated rings. The van der Waals surface area contributed by atoms with Gasteiger partial charge in [-0.15, -0.1) is 0 Å². The summed E-state index contributed by atoms with van der Waals surface area (Å²) < 4.78 is 0. The smallest absolute Gasteiger partial charge is 0.0270 e. The van der Waals surface area contributed by atoms with Crippen molar-refractivity contribution in [2.75, 3.05) is 0 Å². The number of hydrogen-bond acceptors (Lipinski definition) is 1. The van der Waals surface area contributed by atoms with E-state index in [0.29, 0.717) is 0 Å². The maximum atomic E-state index is 4.14. The Labute approximate surface area is 216 Å². The van der Waals surface area contributed by atoms with Gasteiger partial charge >= 0.3 is 0 Å². The maximum Gasteiger partial charge on any atom is 0.0270 e. The highest BCUT2D eigenvalue weighted by molar-refractivity contribution is 6.21. The Bertz CT molecular complexity index is 1830. The Morgan fingerprint density at radius 3 is 1.51 bits per heavy atom. The van der Waals surface area contributed by atoms with Crippen LogP contribution in [0.3, 0.4) is 0 Å². The average molecular weight is 472 g/mol. The molecule has 7 rings (SSSR count). The van der Waals surface area contributed by atoms with E-state index in [2.05, 4.69) is 132 Å². The number of pyridine rings is 1. The summed E-state index contributed by atoms with van der Waals surface area (Å²) in [5, 5.41) is 7.67. The maximum absolute atomic E-state index is 4.14. The fourth-order valence-electron chi connectivity index (χ4n) is 5.62. The van der Waals surface area contributed by atoms with Crippen molar-refractivity contribution in [2.45, 2.75) is 6.42 Å². The molecule has 1 aromatic heterocycles. The molecule has 1 heteroatoms. The van der Waals surface area contributed by atoms with Gasteiger partial charge in [0.1, 0.15) is 0 Å². The van der Waals surface area contributed by atoms with Crippen LogP contribution in [0.2, 0.25) is 0 Å². The van der Waals surface area contributed by atoms with E-state index in [1.807, 2.05) is 12.4 Å². The third kappa shape index (κ3) is 3.86. The van der Waals surface area contributed by atoms with Gasteiger partial charge in [-0.3, -0.25) is 4.98 Å². The van der Waals surface area contributed by atoms with Gasteiger partial charge in [0.25, 0.3) is 0 Å². The number of fused-ring (bicyclic) bond motifs is 3. The van der Waals surface area contributed by atoms with Gasteiger partial charge in [-0.1, -0.05) is 109 Å². The van der Waals surface area contributed by atoms with Crippen LogP contribution in [0.5, 0.6) is 0 Å². The van der Waals surface area contributed by atoms with Gasteiger partial charge < -0.3 is 0 Å². The molecule has 0 spiro atoms. The molecular weight excluding hydrogens is 446 g/mol. The molecule has 0 amide bonds. The summed E-state index contributed by atoms with van der Waals surface area (Å²) in [7, 11) is 0. The van der Waals surface area contributed by atoms with Gasteiger partial charge in [0, 0.05) is 12.4 Å². The van der Waals surface area contributed by atoms with Gasteiger partial charge in [0.15, 0.2) is 0 Å². The summed E-state index contributed by atoms with van der Waals surface area (Å²) in [5.74, 6) is 0. The largest absolute Gasteiger partial charge is 0.265 e. The molecule has 0 aliphatic heterocycles. The number of rotatable bonds is 4. The van der Waals surface area contributed by atoms with E-state index < -0.39 is 0 Å². The fourth-order valence-corrected chi connectivity index (χ4v) is 5.62. The van der Waals surface area contributed by atoms with E-state index >= 15 is 0 Å². The molecule has 6 aromatic carbocycles. The second kappa shape index (κ2) is 9.04. The zero-order valence-corrected chi connectivity index (χ0v) is 20.4. The van der Waals surface area contributed by atoms with Crippen molar-refractivity contribution in [1.29, 1.82) is 0 Å². The van der Waals surface area contributed by atoms with Crippen LogP contribution in [-0.4, -0.2) is 4.98 Å². The molecule has 0 aliphatic carbocycles. The van der Waals surface area contributed by atoms with Crippen molar-refractivity contribution in [3.63, 3.8) is 0 Å². The van der Waals surface area contributed by atoms with Gasteiger partial charge in [-0.25, -0.2) is 0 Å². The van der Waals surface area contributed by atoms with E-state index in [0.717, 1.165) is 6.42 Å². The predicted octanol–water partition coefficient (Wildman–Crippen LogP) is 9.47. The fraction of sp³-hybridized carbons (Fsp3) is 0.0278. The minimum absolute atomic E-state index is 0.908. The van der Waals surface area contributed by atoms with Gasteiger partial charge in [0.2, 0.25) is 0 Å². The minimum Gasteiger partial charge on any atom is -0.265 e. The number of aromatic nitrogens is 1.